The summed E-state index contributed by atoms with van der Waals surface area (Å²) in [6, 6.07) is 6.14. The van der Waals surface area contributed by atoms with E-state index in [1.807, 2.05) is 13.0 Å². The zero-order valence-corrected chi connectivity index (χ0v) is 9.34. The zero-order valence-electron chi connectivity index (χ0n) is 8.59. The van der Waals surface area contributed by atoms with Crippen LogP contribution >= 0.6 is 11.6 Å². The van der Waals surface area contributed by atoms with Crippen molar-refractivity contribution in [3.05, 3.63) is 28.3 Å². The molecule has 1 unspecified atom stereocenters. The van der Waals surface area contributed by atoms with Crippen molar-refractivity contribution in [3.63, 3.8) is 0 Å². The van der Waals surface area contributed by atoms with Crippen molar-refractivity contribution in [2.24, 2.45) is 0 Å². The number of nitriles is 1. The molecule has 78 valence electrons. The summed E-state index contributed by atoms with van der Waals surface area (Å²) in [4.78, 5) is 0. The van der Waals surface area contributed by atoms with E-state index in [-0.39, 0.29) is 6.10 Å². The van der Waals surface area contributed by atoms with Crippen LogP contribution < -0.4 is 4.74 Å². The number of fused-ring (bicyclic) bond motifs is 1. The maximum Gasteiger partial charge on any atom is 0.141 e. The van der Waals surface area contributed by atoms with Crippen LogP contribution in [0.5, 0.6) is 5.75 Å². The van der Waals surface area contributed by atoms with E-state index in [4.69, 9.17) is 21.6 Å². The third kappa shape index (κ3) is 2.08. The van der Waals surface area contributed by atoms with Gasteiger partial charge in [0.05, 0.1) is 11.1 Å². The summed E-state index contributed by atoms with van der Waals surface area (Å²) in [6.45, 7) is 2.03. The predicted molar refractivity (Wildman–Crippen MR) is 59.2 cm³/mol. The zero-order chi connectivity index (χ0) is 10.8. The Kier molecular flexibility index (Phi) is 2.83. The average molecular weight is 222 g/mol. The fourth-order valence-electron chi connectivity index (χ4n) is 1.89. The molecule has 15 heavy (non-hydrogen) atoms. The first-order chi connectivity index (χ1) is 7.20. The molecule has 0 amide bonds. The monoisotopic (exact) mass is 221 g/mol. The van der Waals surface area contributed by atoms with E-state index in [0.717, 1.165) is 24.2 Å². The standard InChI is InChI=1S/C12H12ClNO/c1-8-5-10-6-9(3-2-4-14)7-11(13)12(10)15-8/h6-8H,2-3,5H2,1H3. The summed E-state index contributed by atoms with van der Waals surface area (Å²) in [5.41, 5.74) is 2.29. The average Bonchev–Trinajstić information content (AvgIpc) is 2.56. The van der Waals surface area contributed by atoms with Gasteiger partial charge in [0.1, 0.15) is 11.9 Å². The SMILES string of the molecule is CC1Cc2cc(CCC#N)cc(Cl)c2O1. The minimum absolute atomic E-state index is 0.212. The van der Waals surface area contributed by atoms with Crippen LogP contribution in [0.25, 0.3) is 0 Å². The summed E-state index contributed by atoms with van der Waals surface area (Å²) in [5.74, 6) is 0.824. The maximum absolute atomic E-state index is 8.52. The van der Waals surface area contributed by atoms with E-state index in [2.05, 4.69) is 12.1 Å². The highest BCUT2D eigenvalue weighted by Crippen LogP contribution is 2.37. The van der Waals surface area contributed by atoms with Gasteiger partial charge >= 0.3 is 0 Å². The Balaban J connectivity index is 2.28. The first kappa shape index (κ1) is 10.3. The molecule has 1 aliphatic heterocycles. The van der Waals surface area contributed by atoms with E-state index in [1.54, 1.807) is 0 Å². The van der Waals surface area contributed by atoms with E-state index in [1.165, 1.54) is 5.56 Å². The summed E-state index contributed by atoms with van der Waals surface area (Å²) in [5, 5.41) is 9.20. The molecule has 0 saturated carbocycles. The van der Waals surface area contributed by atoms with Gasteiger partial charge in [0.25, 0.3) is 0 Å². The van der Waals surface area contributed by atoms with Gasteiger partial charge in [-0.2, -0.15) is 5.26 Å². The molecule has 0 bridgehead atoms. The second kappa shape index (κ2) is 4.12. The van der Waals surface area contributed by atoms with E-state index >= 15 is 0 Å². The van der Waals surface area contributed by atoms with Crippen molar-refractivity contribution >= 4 is 11.6 Å². The van der Waals surface area contributed by atoms with E-state index in [9.17, 15) is 0 Å². The molecule has 1 aliphatic rings. The number of halogens is 1. The highest BCUT2D eigenvalue weighted by atomic mass is 35.5. The fourth-order valence-corrected chi connectivity index (χ4v) is 2.20. The highest BCUT2D eigenvalue weighted by Gasteiger charge is 2.22. The smallest absolute Gasteiger partial charge is 0.141 e. The van der Waals surface area contributed by atoms with Crippen LogP contribution in [0, 0.1) is 11.3 Å². The number of benzene rings is 1. The van der Waals surface area contributed by atoms with Crippen molar-refractivity contribution in [1.29, 1.82) is 5.26 Å². The van der Waals surface area contributed by atoms with E-state index < -0.39 is 0 Å². The largest absolute Gasteiger partial charge is 0.489 e. The van der Waals surface area contributed by atoms with Crippen LogP contribution in [0.2, 0.25) is 5.02 Å². The molecule has 0 spiro atoms. The van der Waals surface area contributed by atoms with Gasteiger partial charge in [-0.3, -0.25) is 0 Å². The van der Waals surface area contributed by atoms with Gasteiger partial charge in [0, 0.05) is 12.8 Å². The van der Waals surface area contributed by atoms with Crippen LogP contribution in [0.3, 0.4) is 0 Å². The molecule has 1 aromatic carbocycles. The minimum atomic E-state index is 0.212. The maximum atomic E-state index is 8.52. The first-order valence-corrected chi connectivity index (χ1v) is 5.43. The number of nitrogens with zero attached hydrogens (tertiary/aromatic N) is 1. The fraction of sp³-hybridized carbons (Fsp3) is 0.417. The minimum Gasteiger partial charge on any atom is -0.489 e. The Labute approximate surface area is 94.4 Å². The number of hydrogen-bond donors (Lipinski definition) is 0. The van der Waals surface area contributed by atoms with Crippen molar-refractivity contribution in [3.8, 4) is 11.8 Å². The van der Waals surface area contributed by atoms with Crippen LogP contribution in [-0.2, 0) is 12.8 Å². The number of hydrogen-bond acceptors (Lipinski definition) is 2. The van der Waals surface area contributed by atoms with Crippen LogP contribution in [0.1, 0.15) is 24.5 Å². The molecule has 2 nitrogen and oxygen atoms in total. The summed E-state index contributed by atoms with van der Waals surface area (Å²) >= 11 is 6.11. The molecule has 0 radical (unpaired) electrons. The molecule has 0 saturated heterocycles. The predicted octanol–water partition coefficient (Wildman–Crippen LogP) is 3.12. The van der Waals surface area contributed by atoms with Gasteiger partial charge < -0.3 is 4.74 Å². The Morgan fingerprint density at radius 1 is 1.60 bits per heavy atom. The van der Waals surface area contributed by atoms with Crippen molar-refractivity contribution < 1.29 is 4.74 Å². The molecule has 1 aromatic rings. The van der Waals surface area contributed by atoms with Crippen molar-refractivity contribution in [2.75, 3.05) is 0 Å². The first-order valence-electron chi connectivity index (χ1n) is 5.05. The molecule has 1 heterocycles. The molecule has 0 aliphatic carbocycles. The molecule has 0 fully saturated rings. The molecule has 0 aromatic heterocycles. The van der Waals surface area contributed by atoms with Gasteiger partial charge in [0.2, 0.25) is 0 Å². The van der Waals surface area contributed by atoms with Crippen LogP contribution in [-0.4, -0.2) is 6.10 Å². The Morgan fingerprint density at radius 2 is 2.40 bits per heavy atom. The molecular weight excluding hydrogens is 210 g/mol. The molecule has 0 N–H and O–H groups in total. The number of rotatable bonds is 2. The second-order valence-corrected chi connectivity index (χ2v) is 4.26. The van der Waals surface area contributed by atoms with Crippen LogP contribution in [0.4, 0.5) is 0 Å². The third-order valence-electron chi connectivity index (χ3n) is 2.53. The number of aryl methyl sites for hydroxylation is 1. The molecule has 1 atom stereocenters. The van der Waals surface area contributed by atoms with Gasteiger partial charge in [-0.05, 0) is 30.5 Å². The van der Waals surface area contributed by atoms with Gasteiger partial charge in [-0.25, -0.2) is 0 Å². The summed E-state index contributed by atoms with van der Waals surface area (Å²) < 4.78 is 5.60. The lowest BCUT2D eigenvalue weighted by molar-refractivity contribution is 0.255. The quantitative estimate of drug-likeness (QED) is 0.769. The van der Waals surface area contributed by atoms with Crippen LogP contribution in [0.15, 0.2) is 12.1 Å². The van der Waals surface area contributed by atoms with Crippen molar-refractivity contribution in [1.82, 2.24) is 0 Å². The normalized spacial score (nSPS) is 18.1. The summed E-state index contributed by atoms with van der Waals surface area (Å²) in [7, 11) is 0. The molecule has 2 rings (SSSR count). The van der Waals surface area contributed by atoms with Gasteiger partial charge in [-0.15, -0.1) is 0 Å². The lowest BCUT2D eigenvalue weighted by Gasteiger charge is -2.06. The Hall–Kier alpha value is -1.20. The number of ether oxygens (including phenoxy) is 1. The molecular formula is C12H12ClNO. The topological polar surface area (TPSA) is 33.0 Å². The Morgan fingerprint density at radius 3 is 3.13 bits per heavy atom. The van der Waals surface area contributed by atoms with Gasteiger partial charge in [-0.1, -0.05) is 17.7 Å². The van der Waals surface area contributed by atoms with Gasteiger partial charge in [0.15, 0.2) is 0 Å². The second-order valence-electron chi connectivity index (χ2n) is 3.86. The van der Waals surface area contributed by atoms with E-state index in [0.29, 0.717) is 11.4 Å². The molecule has 3 heteroatoms. The lowest BCUT2D eigenvalue weighted by atomic mass is 10.0. The highest BCUT2D eigenvalue weighted by molar-refractivity contribution is 6.32. The summed E-state index contributed by atoms with van der Waals surface area (Å²) in [6.07, 6.45) is 2.42. The van der Waals surface area contributed by atoms with Crippen molar-refractivity contribution in [2.45, 2.75) is 32.3 Å². The lowest BCUT2D eigenvalue weighted by Crippen LogP contribution is -2.05. The third-order valence-corrected chi connectivity index (χ3v) is 2.81. The Bertz CT molecular complexity index is 422.